The molecule has 1 fully saturated rings. The molecule has 1 saturated heterocycles. The quantitative estimate of drug-likeness (QED) is 0.240. The maximum absolute atomic E-state index is 12.7. The molecule has 2 heterocycles. The smallest absolute Gasteiger partial charge is 0.342 e. The normalized spacial score (nSPS) is 14.8. The van der Waals surface area contributed by atoms with Crippen molar-refractivity contribution in [3.8, 4) is 5.75 Å². The van der Waals surface area contributed by atoms with Gasteiger partial charge in [0, 0.05) is 51.9 Å². The number of rotatable bonds is 9. The van der Waals surface area contributed by atoms with Gasteiger partial charge in [-0.05, 0) is 29.8 Å². The molecule has 0 bridgehead atoms. The molecule has 0 saturated carbocycles. The average Bonchev–Trinajstić information content (AvgIpc) is 3.31. The highest BCUT2D eigenvalue weighted by Gasteiger charge is 2.24. The van der Waals surface area contributed by atoms with Crippen LogP contribution < -0.4 is 14.8 Å². The van der Waals surface area contributed by atoms with Crippen LogP contribution in [0.25, 0.3) is 11.0 Å². The summed E-state index contributed by atoms with van der Waals surface area (Å²) in [5, 5.41) is 5.44. The summed E-state index contributed by atoms with van der Waals surface area (Å²) in [6.45, 7) is 6.05. The topological polar surface area (TPSA) is 120 Å². The number of aromatic amines is 1. The number of aromatic nitrogens is 2. The van der Waals surface area contributed by atoms with Crippen LogP contribution in [0.2, 0.25) is 10.0 Å². The molecule has 13 heteroatoms. The minimum atomic E-state index is -4.28. The molecule has 0 radical (unpaired) electrons. The zero-order chi connectivity index (χ0) is 28.1. The van der Waals surface area contributed by atoms with Gasteiger partial charge in [0.1, 0.15) is 10.6 Å². The van der Waals surface area contributed by atoms with Crippen molar-refractivity contribution in [2.24, 2.45) is 0 Å². The summed E-state index contributed by atoms with van der Waals surface area (Å²) in [6, 6.07) is 18.9. The molecule has 0 unspecified atom stereocenters. The number of H-pyrrole nitrogens is 1. The summed E-state index contributed by atoms with van der Waals surface area (Å²) in [6.07, 6.45) is 0. The number of carbonyl (C=O) groups excluding carboxylic acids is 1. The molecule has 1 aromatic heterocycles. The summed E-state index contributed by atoms with van der Waals surface area (Å²) >= 11 is 12.1. The van der Waals surface area contributed by atoms with Crippen molar-refractivity contribution in [1.82, 2.24) is 25.1 Å². The van der Waals surface area contributed by atoms with E-state index in [-0.39, 0.29) is 26.6 Å². The minimum Gasteiger partial charge on any atom is -0.379 e. The Morgan fingerprint density at radius 3 is 2.38 bits per heavy atom. The van der Waals surface area contributed by atoms with Gasteiger partial charge in [0.05, 0.1) is 21.1 Å². The highest BCUT2D eigenvalue weighted by molar-refractivity contribution is 7.87. The molecule has 1 aliphatic heterocycles. The Hall–Kier alpha value is -3.35. The lowest BCUT2D eigenvalue weighted by Gasteiger charge is -2.34. The number of anilines is 1. The number of halogens is 2. The first-order valence-electron chi connectivity index (χ1n) is 12.7. The lowest BCUT2D eigenvalue weighted by Crippen LogP contribution is -2.48. The molecule has 3 N–H and O–H groups in total. The second-order valence-electron chi connectivity index (χ2n) is 9.34. The van der Waals surface area contributed by atoms with E-state index >= 15 is 0 Å². The molecule has 210 valence electrons. The van der Waals surface area contributed by atoms with Crippen LogP contribution >= 0.6 is 23.2 Å². The van der Waals surface area contributed by atoms with Gasteiger partial charge in [0.15, 0.2) is 0 Å². The monoisotopic (exact) mass is 602 g/mol. The van der Waals surface area contributed by atoms with Crippen molar-refractivity contribution in [2.45, 2.75) is 11.4 Å². The van der Waals surface area contributed by atoms with Crippen LogP contribution in [0, 0.1) is 0 Å². The lowest BCUT2D eigenvalue weighted by molar-refractivity contribution is 0.128. The van der Waals surface area contributed by atoms with Gasteiger partial charge in [0.25, 0.3) is 0 Å². The van der Waals surface area contributed by atoms with Gasteiger partial charge in [-0.1, -0.05) is 59.6 Å². The largest absolute Gasteiger partial charge is 0.379 e. The molecule has 1 aliphatic rings. The standard InChI is InChI=1S/C27H28Cl2N6O4S/c28-21-7-4-8-22(29)25(21)40(37,38)39-20-9-10-23-24(17-20)32-26(31-23)33-27(36)30-11-12-34-13-15-35(16-14-34)18-19-5-2-1-3-6-19/h1-10,17H,11-16,18H2,(H3,30,31,32,33,36). The lowest BCUT2D eigenvalue weighted by atomic mass is 10.2. The van der Waals surface area contributed by atoms with Crippen molar-refractivity contribution in [2.75, 3.05) is 44.6 Å². The van der Waals surface area contributed by atoms with E-state index in [0.717, 1.165) is 39.3 Å². The summed E-state index contributed by atoms with van der Waals surface area (Å²) in [5.74, 6) is 0.253. The Balaban J connectivity index is 1.10. The van der Waals surface area contributed by atoms with Crippen molar-refractivity contribution < 1.29 is 17.4 Å². The fourth-order valence-corrected chi connectivity index (χ4v) is 6.50. The number of hydrogen-bond acceptors (Lipinski definition) is 7. The Kier molecular flexibility index (Phi) is 8.77. The Morgan fingerprint density at radius 2 is 1.65 bits per heavy atom. The highest BCUT2D eigenvalue weighted by Crippen LogP contribution is 2.32. The first kappa shape index (κ1) is 28.2. The van der Waals surface area contributed by atoms with E-state index < -0.39 is 16.1 Å². The number of urea groups is 1. The fraction of sp³-hybridized carbons (Fsp3) is 0.259. The average molecular weight is 604 g/mol. The number of nitrogens with zero attached hydrogens (tertiary/aromatic N) is 3. The van der Waals surface area contributed by atoms with E-state index in [0.29, 0.717) is 17.6 Å². The zero-order valence-corrected chi connectivity index (χ0v) is 23.8. The first-order valence-corrected chi connectivity index (χ1v) is 14.8. The van der Waals surface area contributed by atoms with Crippen LogP contribution in [-0.4, -0.2) is 73.5 Å². The first-order chi connectivity index (χ1) is 19.3. The molecule has 2 amide bonds. The van der Waals surface area contributed by atoms with Crippen LogP contribution in [0.1, 0.15) is 5.56 Å². The van der Waals surface area contributed by atoms with Crippen LogP contribution in [0.15, 0.2) is 71.6 Å². The van der Waals surface area contributed by atoms with E-state index in [1.165, 1.54) is 29.8 Å². The van der Waals surface area contributed by atoms with Crippen LogP contribution in [0.4, 0.5) is 10.7 Å². The van der Waals surface area contributed by atoms with Crippen molar-refractivity contribution >= 4 is 56.3 Å². The summed E-state index contributed by atoms with van der Waals surface area (Å²) in [7, 11) is -4.28. The van der Waals surface area contributed by atoms with Gasteiger partial charge in [0.2, 0.25) is 5.95 Å². The van der Waals surface area contributed by atoms with Crippen LogP contribution in [0.3, 0.4) is 0 Å². The third kappa shape index (κ3) is 7.04. The van der Waals surface area contributed by atoms with Gasteiger partial charge in [-0.3, -0.25) is 15.1 Å². The van der Waals surface area contributed by atoms with Crippen LogP contribution in [0.5, 0.6) is 5.75 Å². The molecule has 3 aromatic carbocycles. The van der Waals surface area contributed by atoms with Gasteiger partial charge in [-0.2, -0.15) is 8.42 Å². The number of carbonyl (C=O) groups is 1. The zero-order valence-electron chi connectivity index (χ0n) is 21.4. The van der Waals surface area contributed by atoms with E-state index in [4.69, 9.17) is 27.4 Å². The van der Waals surface area contributed by atoms with E-state index in [1.807, 2.05) is 6.07 Å². The van der Waals surface area contributed by atoms with Gasteiger partial charge in [-0.15, -0.1) is 0 Å². The van der Waals surface area contributed by atoms with E-state index in [9.17, 15) is 13.2 Å². The Morgan fingerprint density at radius 1 is 0.950 bits per heavy atom. The SMILES string of the molecule is O=C(NCCN1CCN(Cc2ccccc2)CC1)Nc1nc2ccc(OS(=O)(=O)c3c(Cl)cccc3Cl)cc2[nH]1. The predicted octanol–water partition coefficient (Wildman–Crippen LogP) is 4.58. The molecule has 40 heavy (non-hydrogen) atoms. The number of imidazole rings is 1. The van der Waals surface area contributed by atoms with Crippen LogP contribution in [-0.2, 0) is 16.7 Å². The second-order valence-corrected chi connectivity index (χ2v) is 11.6. The Labute approximate surface area is 242 Å². The minimum absolute atomic E-state index is 0.0343. The molecular weight excluding hydrogens is 575 g/mol. The van der Waals surface area contributed by atoms with Gasteiger partial charge >= 0.3 is 16.1 Å². The maximum atomic E-state index is 12.7. The second kappa shape index (κ2) is 12.4. The predicted molar refractivity (Wildman–Crippen MR) is 156 cm³/mol. The maximum Gasteiger partial charge on any atom is 0.342 e. The van der Waals surface area contributed by atoms with Gasteiger partial charge < -0.3 is 14.5 Å². The molecule has 0 atom stereocenters. The van der Waals surface area contributed by atoms with E-state index in [2.05, 4.69) is 54.7 Å². The molecule has 4 aromatic rings. The van der Waals surface area contributed by atoms with Gasteiger partial charge in [-0.25, -0.2) is 9.78 Å². The highest BCUT2D eigenvalue weighted by atomic mass is 35.5. The summed E-state index contributed by atoms with van der Waals surface area (Å²) in [4.78, 5) is 24.2. The summed E-state index contributed by atoms with van der Waals surface area (Å²) in [5.41, 5.74) is 2.31. The van der Waals surface area contributed by atoms with Crippen molar-refractivity contribution in [3.63, 3.8) is 0 Å². The molecule has 0 aliphatic carbocycles. The third-order valence-corrected chi connectivity index (χ3v) is 8.69. The molecule has 5 rings (SSSR count). The number of fused-ring (bicyclic) bond motifs is 1. The Bertz CT molecular complexity index is 1570. The fourth-order valence-electron chi connectivity index (χ4n) is 4.48. The van der Waals surface area contributed by atoms with Crippen molar-refractivity contribution in [1.29, 1.82) is 0 Å². The molecular formula is C27H28Cl2N6O4S. The molecule has 10 nitrogen and oxygen atoms in total. The number of amides is 2. The number of hydrogen-bond donors (Lipinski definition) is 3. The van der Waals surface area contributed by atoms with E-state index in [1.54, 1.807) is 12.1 Å². The van der Waals surface area contributed by atoms with Crippen molar-refractivity contribution in [3.05, 3.63) is 82.3 Å². The number of benzene rings is 3. The summed E-state index contributed by atoms with van der Waals surface area (Å²) < 4.78 is 30.7. The molecule has 0 spiro atoms. The number of nitrogens with one attached hydrogen (secondary N) is 3. The number of piperazine rings is 1. The third-order valence-electron chi connectivity index (χ3n) is 6.49.